The van der Waals surface area contributed by atoms with Crippen LogP contribution in [0.5, 0.6) is 0 Å². The Bertz CT molecular complexity index is 1060. The van der Waals surface area contributed by atoms with Gasteiger partial charge in [-0.05, 0) is 42.7 Å². The molecule has 152 valence electrons. The van der Waals surface area contributed by atoms with Crippen LogP contribution in [0.2, 0.25) is 0 Å². The number of rotatable bonds is 8. The number of thiazole rings is 1. The highest BCUT2D eigenvalue weighted by Gasteiger charge is 2.10. The third-order valence-corrected chi connectivity index (χ3v) is 5.33. The van der Waals surface area contributed by atoms with E-state index in [1.54, 1.807) is 30.5 Å². The quantitative estimate of drug-likeness (QED) is 0.364. The lowest BCUT2D eigenvalue weighted by Gasteiger charge is -2.05. The summed E-state index contributed by atoms with van der Waals surface area (Å²) in [6, 6.07) is 17.4. The van der Waals surface area contributed by atoms with E-state index >= 15 is 0 Å². The molecule has 0 bridgehead atoms. The third-order valence-electron chi connectivity index (χ3n) is 4.45. The van der Waals surface area contributed by atoms with Crippen LogP contribution in [0.1, 0.15) is 41.2 Å². The van der Waals surface area contributed by atoms with Crippen molar-refractivity contribution in [3.8, 4) is 17.3 Å². The predicted octanol–water partition coefficient (Wildman–Crippen LogP) is 5.92. The minimum absolute atomic E-state index is 0.334. The van der Waals surface area contributed by atoms with Crippen molar-refractivity contribution in [1.29, 1.82) is 5.26 Å². The van der Waals surface area contributed by atoms with Crippen molar-refractivity contribution in [2.75, 3.05) is 11.9 Å². The highest BCUT2D eigenvalue weighted by molar-refractivity contribution is 7.11. The molecule has 0 amide bonds. The smallest absolute Gasteiger partial charge is 0.338 e. The molecule has 5 nitrogen and oxygen atoms in total. The largest absolute Gasteiger partial charge is 0.462 e. The summed E-state index contributed by atoms with van der Waals surface area (Å²) in [6.45, 7) is 4.48. The maximum Gasteiger partial charge on any atom is 0.338 e. The molecule has 30 heavy (non-hydrogen) atoms. The normalized spacial score (nSPS) is 11.0. The molecular formula is C24H23N3O2S. The fourth-order valence-electron chi connectivity index (χ4n) is 2.72. The van der Waals surface area contributed by atoms with Crippen LogP contribution < -0.4 is 5.32 Å². The van der Waals surface area contributed by atoms with Gasteiger partial charge in [-0.2, -0.15) is 5.26 Å². The van der Waals surface area contributed by atoms with Gasteiger partial charge in [0.15, 0.2) is 0 Å². The van der Waals surface area contributed by atoms with Gasteiger partial charge in [0.25, 0.3) is 0 Å². The van der Waals surface area contributed by atoms with E-state index in [9.17, 15) is 10.1 Å². The average Bonchev–Trinajstić information content (AvgIpc) is 3.28. The third kappa shape index (κ3) is 5.34. The van der Waals surface area contributed by atoms with E-state index in [1.165, 1.54) is 16.9 Å². The summed E-state index contributed by atoms with van der Waals surface area (Å²) >= 11 is 1.43. The van der Waals surface area contributed by atoms with Gasteiger partial charge in [0.2, 0.25) is 0 Å². The average molecular weight is 418 g/mol. The number of nitrogens with one attached hydrogen (secondary N) is 1. The van der Waals surface area contributed by atoms with Crippen LogP contribution >= 0.6 is 11.3 Å². The van der Waals surface area contributed by atoms with E-state index < -0.39 is 0 Å². The number of ether oxygens (including phenoxy) is 1. The Morgan fingerprint density at radius 2 is 1.90 bits per heavy atom. The van der Waals surface area contributed by atoms with Crippen LogP contribution in [0.15, 0.2) is 60.1 Å². The molecule has 1 N–H and O–H groups in total. The second kappa shape index (κ2) is 10.4. The van der Waals surface area contributed by atoms with Crippen molar-refractivity contribution in [3.05, 3.63) is 76.2 Å². The number of carbonyl (C=O) groups excluding carboxylic acids is 1. The second-order valence-electron chi connectivity index (χ2n) is 6.62. The zero-order valence-electron chi connectivity index (χ0n) is 17.0. The van der Waals surface area contributed by atoms with E-state index in [0.29, 0.717) is 22.8 Å². The lowest BCUT2D eigenvalue weighted by atomic mass is 10.1. The van der Waals surface area contributed by atoms with Gasteiger partial charge >= 0.3 is 5.97 Å². The maximum atomic E-state index is 11.9. The van der Waals surface area contributed by atoms with Crippen LogP contribution in [0.4, 0.5) is 5.69 Å². The van der Waals surface area contributed by atoms with E-state index in [1.807, 2.05) is 12.3 Å². The number of allylic oxidation sites excluding steroid dienone is 1. The number of carbonyl (C=O) groups is 1. The summed E-state index contributed by atoms with van der Waals surface area (Å²) in [4.78, 5) is 16.5. The van der Waals surface area contributed by atoms with Crippen molar-refractivity contribution in [2.24, 2.45) is 0 Å². The van der Waals surface area contributed by atoms with Crippen LogP contribution in [0.25, 0.3) is 16.8 Å². The molecule has 6 heteroatoms. The molecule has 0 fully saturated rings. The molecule has 0 radical (unpaired) electrons. The fourth-order valence-corrected chi connectivity index (χ4v) is 3.51. The number of hydrogen-bond donors (Lipinski definition) is 1. The molecule has 1 aromatic heterocycles. The Morgan fingerprint density at radius 1 is 1.17 bits per heavy atom. The molecular weight excluding hydrogens is 394 g/mol. The zero-order chi connectivity index (χ0) is 21.3. The molecule has 0 aliphatic rings. The van der Waals surface area contributed by atoms with E-state index in [0.717, 1.165) is 29.8 Å². The van der Waals surface area contributed by atoms with Crippen molar-refractivity contribution >= 4 is 28.6 Å². The van der Waals surface area contributed by atoms with Crippen molar-refractivity contribution < 1.29 is 9.53 Å². The van der Waals surface area contributed by atoms with Gasteiger partial charge in [-0.15, -0.1) is 11.3 Å². The second-order valence-corrected chi connectivity index (χ2v) is 7.47. The first-order valence-electron chi connectivity index (χ1n) is 9.83. The minimum Gasteiger partial charge on any atom is -0.462 e. The van der Waals surface area contributed by atoms with Gasteiger partial charge in [0.05, 0.1) is 17.9 Å². The number of benzene rings is 2. The van der Waals surface area contributed by atoms with Crippen LogP contribution in [0, 0.1) is 11.3 Å². The number of aryl methyl sites for hydroxylation is 1. The van der Waals surface area contributed by atoms with Gasteiger partial charge in [-0.3, -0.25) is 0 Å². The molecule has 3 rings (SSSR count). The standard InChI is InChI=1S/C24H23N3O2S/c1-3-13-29-24(28)19-9-11-21(12-10-19)26-15-20(14-25)23-27-22(16-30-23)18-7-5-17(4-2)6-8-18/h5-12,15-16,26H,3-4,13H2,1-2H3/b20-15+. The first-order valence-corrected chi connectivity index (χ1v) is 10.7. The Balaban J connectivity index is 1.69. The van der Waals surface area contributed by atoms with Crippen molar-refractivity contribution in [3.63, 3.8) is 0 Å². The number of nitriles is 1. The molecule has 0 saturated carbocycles. The fraction of sp³-hybridized carbons (Fsp3) is 0.208. The first kappa shape index (κ1) is 21.3. The number of anilines is 1. The molecule has 0 saturated heterocycles. The summed E-state index contributed by atoms with van der Waals surface area (Å²) in [6.07, 6.45) is 3.42. The van der Waals surface area contributed by atoms with Gasteiger partial charge in [-0.25, -0.2) is 9.78 Å². The highest BCUT2D eigenvalue weighted by atomic mass is 32.1. The van der Waals surface area contributed by atoms with E-state index in [2.05, 4.69) is 47.6 Å². The van der Waals surface area contributed by atoms with Gasteiger partial charge in [0, 0.05) is 22.8 Å². The molecule has 0 unspecified atom stereocenters. The van der Waals surface area contributed by atoms with Crippen LogP contribution in [-0.4, -0.2) is 17.6 Å². The van der Waals surface area contributed by atoms with Crippen LogP contribution in [0.3, 0.4) is 0 Å². The topological polar surface area (TPSA) is 75.0 Å². The van der Waals surface area contributed by atoms with Crippen LogP contribution in [-0.2, 0) is 11.2 Å². The lowest BCUT2D eigenvalue weighted by molar-refractivity contribution is 0.0505. The first-order chi connectivity index (χ1) is 14.6. The Hall–Kier alpha value is -3.43. The summed E-state index contributed by atoms with van der Waals surface area (Å²) in [5, 5.41) is 15.3. The maximum absolute atomic E-state index is 11.9. The SMILES string of the molecule is CCCOC(=O)c1ccc(N/C=C(\C#N)c2nc(-c3ccc(CC)cc3)cs2)cc1. The van der Waals surface area contributed by atoms with E-state index in [-0.39, 0.29) is 5.97 Å². The molecule has 1 heterocycles. The molecule has 0 aliphatic heterocycles. The van der Waals surface area contributed by atoms with E-state index in [4.69, 9.17) is 4.74 Å². The van der Waals surface area contributed by atoms with Gasteiger partial charge in [-0.1, -0.05) is 38.1 Å². The van der Waals surface area contributed by atoms with Gasteiger partial charge < -0.3 is 10.1 Å². The van der Waals surface area contributed by atoms with Crippen molar-refractivity contribution in [1.82, 2.24) is 4.98 Å². The minimum atomic E-state index is -0.334. The highest BCUT2D eigenvalue weighted by Crippen LogP contribution is 2.26. The molecule has 0 atom stereocenters. The molecule has 0 spiro atoms. The summed E-state index contributed by atoms with van der Waals surface area (Å²) in [5.74, 6) is -0.334. The monoisotopic (exact) mass is 417 g/mol. The Labute approximate surface area is 180 Å². The number of esters is 1. The predicted molar refractivity (Wildman–Crippen MR) is 121 cm³/mol. The molecule has 0 aliphatic carbocycles. The molecule has 3 aromatic rings. The number of hydrogen-bond acceptors (Lipinski definition) is 6. The zero-order valence-corrected chi connectivity index (χ0v) is 17.8. The number of aromatic nitrogens is 1. The van der Waals surface area contributed by atoms with Crippen molar-refractivity contribution in [2.45, 2.75) is 26.7 Å². The number of nitrogens with zero attached hydrogens (tertiary/aromatic N) is 2. The summed E-state index contributed by atoms with van der Waals surface area (Å²) < 4.78 is 5.12. The molecule has 2 aromatic carbocycles. The van der Waals surface area contributed by atoms with Gasteiger partial charge in [0.1, 0.15) is 16.6 Å². The lowest BCUT2D eigenvalue weighted by Crippen LogP contribution is -2.05. The summed E-state index contributed by atoms with van der Waals surface area (Å²) in [7, 11) is 0. The Morgan fingerprint density at radius 3 is 2.53 bits per heavy atom. The Kier molecular flexibility index (Phi) is 7.36. The summed E-state index contributed by atoms with van der Waals surface area (Å²) in [5.41, 5.74) is 4.88.